The summed E-state index contributed by atoms with van der Waals surface area (Å²) in [6, 6.07) is 12.7. The maximum Gasteiger partial charge on any atom is 0.251 e. The Labute approximate surface area is 159 Å². The molecule has 1 fully saturated rings. The molecule has 0 radical (unpaired) electrons. The van der Waals surface area contributed by atoms with E-state index < -0.39 is 0 Å². The minimum absolute atomic E-state index is 0.0550. The van der Waals surface area contributed by atoms with Crippen LogP contribution >= 0.6 is 27.5 Å². The molecule has 128 valence electrons. The van der Waals surface area contributed by atoms with Crippen LogP contribution in [0.2, 0.25) is 5.02 Å². The third-order valence-corrected chi connectivity index (χ3v) is 4.51. The summed E-state index contributed by atoms with van der Waals surface area (Å²) in [6.07, 6.45) is 5.23. The second-order valence-corrected chi connectivity index (χ2v) is 7.14. The number of carbonyl (C=O) groups excluding carboxylic acids is 2. The number of benzene rings is 2. The largest absolute Gasteiger partial charge is 0.349 e. The summed E-state index contributed by atoms with van der Waals surface area (Å²) in [7, 11) is 0. The quantitative estimate of drug-likeness (QED) is 0.693. The van der Waals surface area contributed by atoms with Gasteiger partial charge in [-0.3, -0.25) is 9.59 Å². The van der Waals surface area contributed by atoms with E-state index in [4.69, 9.17) is 11.6 Å². The van der Waals surface area contributed by atoms with Crippen LogP contribution in [0.25, 0.3) is 6.08 Å². The van der Waals surface area contributed by atoms with Crippen molar-refractivity contribution in [3.63, 3.8) is 0 Å². The van der Waals surface area contributed by atoms with Gasteiger partial charge in [-0.15, -0.1) is 0 Å². The summed E-state index contributed by atoms with van der Waals surface area (Å²) in [6.45, 7) is 0. The predicted molar refractivity (Wildman–Crippen MR) is 104 cm³/mol. The van der Waals surface area contributed by atoms with Gasteiger partial charge in [-0.05, 0) is 54.8 Å². The van der Waals surface area contributed by atoms with Crippen molar-refractivity contribution in [3.05, 3.63) is 69.2 Å². The average molecular weight is 420 g/mol. The van der Waals surface area contributed by atoms with Crippen LogP contribution in [0.1, 0.15) is 28.8 Å². The van der Waals surface area contributed by atoms with Crippen LogP contribution in [-0.2, 0) is 4.79 Å². The molecule has 0 saturated heterocycles. The van der Waals surface area contributed by atoms with Crippen molar-refractivity contribution in [2.24, 2.45) is 0 Å². The van der Waals surface area contributed by atoms with Crippen molar-refractivity contribution < 1.29 is 9.59 Å². The summed E-state index contributed by atoms with van der Waals surface area (Å²) < 4.78 is 0.844. The van der Waals surface area contributed by atoms with Crippen molar-refractivity contribution in [2.75, 3.05) is 5.32 Å². The number of amides is 2. The van der Waals surface area contributed by atoms with E-state index in [0.29, 0.717) is 22.3 Å². The molecule has 0 aromatic heterocycles. The standard InChI is InChI=1S/C19H16BrClN2O2/c20-14-6-9-17(16(21)11-14)23-18(24)10-3-12-1-4-13(5-2-12)19(25)22-15-7-8-15/h1-6,9-11,15H,7-8H2,(H,22,25)(H,23,24). The Morgan fingerprint density at radius 3 is 2.48 bits per heavy atom. The predicted octanol–water partition coefficient (Wildman–Crippen LogP) is 4.65. The molecule has 0 spiro atoms. The van der Waals surface area contributed by atoms with Crippen LogP contribution in [0, 0.1) is 0 Å². The molecule has 0 unspecified atom stereocenters. The highest BCUT2D eigenvalue weighted by molar-refractivity contribution is 9.10. The van der Waals surface area contributed by atoms with Gasteiger partial charge < -0.3 is 10.6 Å². The van der Waals surface area contributed by atoms with Crippen molar-refractivity contribution in [1.82, 2.24) is 5.32 Å². The number of nitrogens with one attached hydrogen (secondary N) is 2. The Hall–Kier alpha value is -2.11. The molecule has 1 aliphatic carbocycles. The van der Waals surface area contributed by atoms with Crippen LogP contribution < -0.4 is 10.6 Å². The summed E-state index contributed by atoms with van der Waals surface area (Å²) in [4.78, 5) is 23.9. The highest BCUT2D eigenvalue weighted by Gasteiger charge is 2.23. The third-order valence-electron chi connectivity index (χ3n) is 3.70. The van der Waals surface area contributed by atoms with E-state index >= 15 is 0 Å². The van der Waals surface area contributed by atoms with Gasteiger partial charge in [0.05, 0.1) is 10.7 Å². The van der Waals surface area contributed by atoms with Crippen LogP contribution in [0.4, 0.5) is 5.69 Å². The number of halogens is 2. The first-order valence-electron chi connectivity index (χ1n) is 7.86. The highest BCUT2D eigenvalue weighted by Crippen LogP contribution is 2.25. The zero-order valence-electron chi connectivity index (χ0n) is 13.3. The molecule has 3 rings (SSSR count). The number of hydrogen-bond acceptors (Lipinski definition) is 2. The molecule has 0 atom stereocenters. The second-order valence-electron chi connectivity index (χ2n) is 5.82. The Morgan fingerprint density at radius 2 is 1.84 bits per heavy atom. The van der Waals surface area contributed by atoms with Gasteiger partial charge >= 0.3 is 0 Å². The zero-order valence-corrected chi connectivity index (χ0v) is 15.6. The fourth-order valence-electron chi connectivity index (χ4n) is 2.18. The normalized spacial score (nSPS) is 13.7. The fraction of sp³-hybridized carbons (Fsp3) is 0.158. The lowest BCUT2D eigenvalue weighted by Crippen LogP contribution is -2.25. The lowest BCUT2D eigenvalue weighted by molar-refractivity contribution is -0.111. The third kappa shape index (κ3) is 5.18. The number of anilines is 1. The molecule has 2 N–H and O–H groups in total. The Kier molecular flexibility index (Phi) is 5.56. The number of carbonyl (C=O) groups is 2. The monoisotopic (exact) mass is 418 g/mol. The fourth-order valence-corrected chi connectivity index (χ4v) is 2.90. The summed E-state index contributed by atoms with van der Waals surface area (Å²) >= 11 is 9.39. The van der Waals surface area contributed by atoms with Gasteiger partial charge in [-0.2, -0.15) is 0 Å². The average Bonchev–Trinajstić information content (AvgIpc) is 3.40. The first-order chi connectivity index (χ1) is 12.0. The summed E-state index contributed by atoms with van der Waals surface area (Å²) in [5.41, 5.74) is 2.00. The second kappa shape index (κ2) is 7.85. The Morgan fingerprint density at radius 1 is 1.12 bits per heavy atom. The van der Waals surface area contributed by atoms with E-state index in [1.165, 1.54) is 6.08 Å². The summed E-state index contributed by atoms with van der Waals surface area (Å²) in [5, 5.41) is 6.12. The molecule has 1 saturated carbocycles. The smallest absolute Gasteiger partial charge is 0.251 e. The highest BCUT2D eigenvalue weighted by atomic mass is 79.9. The van der Waals surface area contributed by atoms with E-state index in [0.717, 1.165) is 22.9 Å². The van der Waals surface area contributed by atoms with Crippen molar-refractivity contribution in [2.45, 2.75) is 18.9 Å². The first-order valence-corrected chi connectivity index (χ1v) is 9.03. The van der Waals surface area contributed by atoms with Crippen molar-refractivity contribution >= 4 is 51.1 Å². The molecule has 2 amide bonds. The lowest BCUT2D eigenvalue weighted by Gasteiger charge is -2.05. The maximum atomic E-state index is 12.0. The molecule has 0 aliphatic heterocycles. The Balaban J connectivity index is 1.58. The van der Waals surface area contributed by atoms with Crippen molar-refractivity contribution in [1.29, 1.82) is 0 Å². The van der Waals surface area contributed by atoms with E-state index in [1.54, 1.807) is 48.5 Å². The molecule has 4 nitrogen and oxygen atoms in total. The number of hydrogen-bond donors (Lipinski definition) is 2. The van der Waals surface area contributed by atoms with Crippen LogP contribution in [-0.4, -0.2) is 17.9 Å². The van der Waals surface area contributed by atoms with Gasteiger partial charge in [-0.25, -0.2) is 0 Å². The van der Waals surface area contributed by atoms with Crippen molar-refractivity contribution in [3.8, 4) is 0 Å². The summed E-state index contributed by atoms with van der Waals surface area (Å²) in [5.74, 6) is -0.333. The zero-order chi connectivity index (χ0) is 17.8. The SMILES string of the molecule is O=C(C=Cc1ccc(C(=O)NC2CC2)cc1)Nc1ccc(Br)cc1Cl. The molecule has 1 aliphatic rings. The first kappa shape index (κ1) is 17.7. The minimum atomic E-state index is -0.278. The minimum Gasteiger partial charge on any atom is -0.349 e. The van der Waals surface area contributed by atoms with E-state index in [9.17, 15) is 9.59 Å². The van der Waals surface area contributed by atoms with Crippen LogP contribution in [0.3, 0.4) is 0 Å². The molecule has 6 heteroatoms. The molecular weight excluding hydrogens is 404 g/mol. The maximum absolute atomic E-state index is 12.0. The van der Waals surface area contributed by atoms with Gasteiger partial charge in [0.1, 0.15) is 0 Å². The van der Waals surface area contributed by atoms with E-state index in [2.05, 4.69) is 26.6 Å². The molecule has 2 aromatic carbocycles. The molecular formula is C19H16BrClN2O2. The topological polar surface area (TPSA) is 58.2 Å². The van der Waals surface area contributed by atoms with Crippen LogP contribution in [0.5, 0.6) is 0 Å². The number of rotatable bonds is 5. The molecule has 0 bridgehead atoms. The van der Waals surface area contributed by atoms with Crippen LogP contribution in [0.15, 0.2) is 53.0 Å². The van der Waals surface area contributed by atoms with E-state index in [1.807, 2.05) is 0 Å². The molecule has 0 heterocycles. The van der Waals surface area contributed by atoms with Gasteiger partial charge in [0.25, 0.3) is 5.91 Å². The molecule has 25 heavy (non-hydrogen) atoms. The molecule has 2 aromatic rings. The lowest BCUT2D eigenvalue weighted by atomic mass is 10.1. The van der Waals surface area contributed by atoms with Gasteiger partial charge in [-0.1, -0.05) is 39.7 Å². The van der Waals surface area contributed by atoms with Gasteiger partial charge in [0.15, 0.2) is 0 Å². The van der Waals surface area contributed by atoms with Gasteiger partial charge in [0.2, 0.25) is 5.91 Å². The van der Waals surface area contributed by atoms with Gasteiger partial charge in [0, 0.05) is 22.2 Å². The van der Waals surface area contributed by atoms with E-state index in [-0.39, 0.29) is 11.8 Å². The Bertz CT molecular complexity index is 830.